The van der Waals surface area contributed by atoms with E-state index in [9.17, 15) is 27.9 Å². The van der Waals surface area contributed by atoms with Gasteiger partial charge in [0.05, 0.1) is 24.0 Å². The average Bonchev–Trinajstić information content (AvgIpc) is 2.90. The molecule has 0 saturated carbocycles. The second-order valence-corrected chi connectivity index (χ2v) is 7.75. The van der Waals surface area contributed by atoms with Gasteiger partial charge in [-0.05, 0) is 30.3 Å². The molecule has 1 aliphatic rings. The molecule has 2 aromatic carbocycles. The molecule has 9 heteroatoms. The van der Waals surface area contributed by atoms with Crippen molar-refractivity contribution in [3.05, 3.63) is 65.2 Å². The third-order valence-corrected chi connectivity index (χ3v) is 5.06. The normalized spacial score (nSPS) is 13.6. The van der Waals surface area contributed by atoms with Crippen LogP contribution in [-0.4, -0.2) is 55.0 Å². The fourth-order valence-electron chi connectivity index (χ4n) is 2.86. The predicted octanol–water partition coefficient (Wildman–Crippen LogP) is 0.881. The summed E-state index contributed by atoms with van der Waals surface area (Å²) in [5.74, 6) is -2.41. The van der Waals surface area contributed by atoms with Crippen molar-refractivity contribution >= 4 is 33.4 Å². The van der Waals surface area contributed by atoms with Crippen LogP contribution in [0.15, 0.2) is 48.5 Å². The van der Waals surface area contributed by atoms with E-state index in [1.807, 2.05) is 0 Å². The fourth-order valence-corrected chi connectivity index (χ4v) is 3.66. The highest BCUT2D eigenvalue weighted by atomic mass is 32.2. The van der Waals surface area contributed by atoms with Gasteiger partial charge in [-0.2, -0.15) is 4.31 Å². The Morgan fingerprint density at radius 2 is 1.67 bits per heavy atom. The molecule has 0 bridgehead atoms. The molecule has 140 valence electrons. The minimum Gasteiger partial charge on any atom is -0.395 e. The van der Waals surface area contributed by atoms with Crippen molar-refractivity contribution in [2.24, 2.45) is 0 Å². The highest BCUT2D eigenvalue weighted by Gasteiger charge is 2.41. The summed E-state index contributed by atoms with van der Waals surface area (Å²) in [6.45, 7) is -0.243. The number of aliphatic hydroxyl groups excluding tert-OH is 1. The SMILES string of the molecule is CS(=O)(=O)N1C(=O)c2ccc(C(=O)N(CCO)c3ccccc3)cc2C1=O. The number of fused-ring (bicyclic) bond motifs is 1. The Hall–Kier alpha value is -3.04. The zero-order chi connectivity index (χ0) is 19.8. The van der Waals surface area contributed by atoms with E-state index in [4.69, 9.17) is 0 Å². The lowest BCUT2D eigenvalue weighted by atomic mass is 10.0. The summed E-state index contributed by atoms with van der Waals surface area (Å²) in [5.41, 5.74) is 0.434. The first-order valence-electron chi connectivity index (χ1n) is 7.96. The van der Waals surface area contributed by atoms with Crippen molar-refractivity contribution in [1.82, 2.24) is 4.31 Å². The number of benzene rings is 2. The monoisotopic (exact) mass is 388 g/mol. The van der Waals surface area contributed by atoms with Gasteiger partial charge >= 0.3 is 0 Å². The lowest BCUT2D eigenvalue weighted by Gasteiger charge is -2.22. The Labute approximate surface area is 155 Å². The van der Waals surface area contributed by atoms with Crippen LogP contribution in [0.3, 0.4) is 0 Å². The van der Waals surface area contributed by atoms with E-state index in [-0.39, 0.29) is 34.1 Å². The molecule has 0 atom stereocenters. The Morgan fingerprint density at radius 1 is 1.04 bits per heavy atom. The van der Waals surface area contributed by atoms with Gasteiger partial charge in [0.25, 0.3) is 17.7 Å². The highest BCUT2D eigenvalue weighted by molar-refractivity contribution is 7.89. The third-order valence-electron chi connectivity index (χ3n) is 4.06. The Bertz CT molecular complexity index is 1030. The maximum absolute atomic E-state index is 12.9. The van der Waals surface area contributed by atoms with Crippen LogP contribution < -0.4 is 4.90 Å². The number of carbonyl (C=O) groups excluding carboxylic acids is 3. The molecule has 27 heavy (non-hydrogen) atoms. The molecule has 2 aromatic rings. The summed E-state index contributed by atoms with van der Waals surface area (Å²) < 4.78 is 23.6. The van der Waals surface area contributed by atoms with Crippen LogP contribution in [0, 0.1) is 0 Å². The average molecular weight is 388 g/mol. The fraction of sp³-hybridized carbons (Fsp3) is 0.167. The van der Waals surface area contributed by atoms with Crippen molar-refractivity contribution in [3.63, 3.8) is 0 Å². The molecule has 3 rings (SSSR count). The summed E-state index contributed by atoms with van der Waals surface area (Å²) >= 11 is 0. The number of nitrogens with zero attached hydrogens (tertiary/aromatic N) is 2. The molecule has 0 fully saturated rings. The van der Waals surface area contributed by atoms with E-state index < -0.39 is 27.7 Å². The lowest BCUT2D eigenvalue weighted by Crippen LogP contribution is -2.35. The summed E-state index contributed by atoms with van der Waals surface area (Å²) in [4.78, 5) is 38.8. The van der Waals surface area contributed by atoms with E-state index >= 15 is 0 Å². The minimum absolute atomic E-state index is 0.0300. The lowest BCUT2D eigenvalue weighted by molar-refractivity contribution is 0.0766. The Kier molecular flexibility index (Phi) is 4.81. The predicted molar refractivity (Wildman–Crippen MR) is 97.0 cm³/mol. The Balaban J connectivity index is 2.01. The van der Waals surface area contributed by atoms with Gasteiger partial charge in [0.2, 0.25) is 10.0 Å². The molecule has 0 aliphatic carbocycles. The van der Waals surface area contributed by atoms with E-state index in [2.05, 4.69) is 0 Å². The van der Waals surface area contributed by atoms with Crippen molar-refractivity contribution in [2.45, 2.75) is 0 Å². The smallest absolute Gasteiger partial charge is 0.275 e. The summed E-state index contributed by atoms with van der Waals surface area (Å²) in [7, 11) is -4.06. The number of amides is 3. The second kappa shape index (κ2) is 6.93. The minimum atomic E-state index is -4.06. The molecule has 3 amide bonds. The van der Waals surface area contributed by atoms with Crippen molar-refractivity contribution in [1.29, 1.82) is 0 Å². The van der Waals surface area contributed by atoms with Gasteiger partial charge in [0.15, 0.2) is 0 Å². The number of carbonyl (C=O) groups is 3. The van der Waals surface area contributed by atoms with Crippen LogP contribution in [0.1, 0.15) is 31.1 Å². The van der Waals surface area contributed by atoms with Crippen LogP contribution in [0.2, 0.25) is 0 Å². The molecule has 1 aliphatic heterocycles. The van der Waals surface area contributed by atoms with E-state index in [1.165, 1.54) is 23.1 Å². The summed E-state index contributed by atoms with van der Waals surface area (Å²) in [5, 5.41) is 9.28. The topological polar surface area (TPSA) is 112 Å². The summed E-state index contributed by atoms with van der Waals surface area (Å²) in [6.07, 6.45) is 0.763. The van der Waals surface area contributed by atoms with E-state index in [0.717, 1.165) is 6.26 Å². The van der Waals surface area contributed by atoms with Gasteiger partial charge in [-0.3, -0.25) is 14.4 Å². The first-order chi connectivity index (χ1) is 12.8. The molecular weight excluding hydrogens is 372 g/mol. The molecule has 0 saturated heterocycles. The molecule has 8 nitrogen and oxygen atoms in total. The van der Waals surface area contributed by atoms with Gasteiger partial charge in [-0.1, -0.05) is 18.2 Å². The van der Waals surface area contributed by atoms with Crippen molar-refractivity contribution in [3.8, 4) is 0 Å². The van der Waals surface area contributed by atoms with Crippen molar-refractivity contribution in [2.75, 3.05) is 24.3 Å². The van der Waals surface area contributed by atoms with Gasteiger partial charge in [0, 0.05) is 17.8 Å². The van der Waals surface area contributed by atoms with Gasteiger partial charge in [-0.15, -0.1) is 0 Å². The van der Waals surface area contributed by atoms with Gasteiger partial charge in [0.1, 0.15) is 0 Å². The Morgan fingerprint density at radius 3 is 2.26 bits per heavy atom. The van der Waals surface area contributed by atoms with Gasteiger partial charge < -0.3 is 10.0 Å². The summed E-state index contributed by atoms with van der Waals surface area (Å²) in [6, 6.07) is 12.5. The molecule has 1 N–H and O–H groups in total. The first-order valence-corrected chi connectivity index (χ1v) is 9.81. The van der Waals surface area contributed by atoms with Crippen LogP contribution in [0.25, 0.3) is 0 Å². The van der Waals surface area contributed by atoms with Crippen LogP contribution in [0.5, 0.6) is 0 Å². The standard InChI is InChI=1S/C18H16N2O6S/c1-27(25,26)20-17(23)14-8-7-12(11-15(14)18(20)24)16(22)19(9-10-21)13-5-3-2-4-6-13/h2-8,11,21H,9-10H2,1H3. The molecular formula is C18H16N2O6S. The molecule has 0 radical (unpaired) electrons. The van der Waals surface area contributed by atoms with Crippen molar-refractivity contribution < 1.29 is 27.9 Å². The van der Waals surface area contributed by atoms with E-state index in [0.29, 0.717) is 5.69 Å². The number of hydrogen-bond donors (Lipinski definition) is 1. The number of hydrogen-bond acceptors (Lipinski definition) is 6. The molecule has 0 spiro atoms. The molecule has 0 aromatic heterocycles. The molecule has 1 heterocycles. The van der Waals surface area contributed by atoms with Crippen LogP contribution in [0.4, 0.5) is 5.69 Å². The number of rotatable bonds is 5. The zero-order valence-electron chi connectivity index (χ0n) is 14.3. The third kappa shape index (κ3) is 3.34. The zero-order valence-corrected chi connectivity index (χ0v) is 15.1. The maximum Gasteiger partial charge on any atom is 0.275 e. The van der Waals surface area contributed by atoms with Crippen LogP contribution in [-0.2, 0) is 10.0 Å². The largest absolute Gasteiger partial charge is 0.395 e. The number of sulfonamides is 1. The maximum atomic E-state index is 12.9. The highest BCUT2D eigenvalue weighted by Crippen LogP contribution is 2.27. The number of anilines is 1. The molecule has 0 unspecified atom stereocenters. The van der Waals surface area contributed by atoms with E-state index in [1.54, 1.807) is 30.3 Å². The van der Waals surface area contributed by atoms with Crippen LogP contribution >= 0.6 is 0 Å². The quantitative estimate of drug-likeness (QED) is 0.761. The first kappa shape index (κ1) is 18.7. The second-order valence-electron chi connectivity index (χ2n) is 5.91. The number of aliphatic hydroxyl groups is 1. The van der Waals surface area contributed by atoms with Gasteiger partial charge in [-0.25, -0.2) is 8.42 Å². The number of para-hydroxylation sites is 1. The number of imide groups is 1.